The number of unbranched alkanes of at least 4 members (excludes halogenated alkanes) is 4. The van der Waals surface area contributed by atoms with E-state index in [1.807, 2.05) is 24.3 Å². The first-order chi connectivity index (χ1) is 35.6. The highest BCUT2D eigenvalue weighted by atomic mass is 16.5. The van der Waals surface area contributed by atoms with Gasteiger partial charge in [0.05, 0.1) is 37.8 Å². The number of benzene rings is 4. The summed E-state index contributed by atoms with van der Waals surface area (Å²) in [5.74, 6) is 3.72. The molecule has 0 saturated heterocycles. The lowest BCUT2D eigenvalue weighted by molar-refractivity contribution is -0.683. The number of rotatable bonds is 21. The number of carbonyl (C=O) groups is 2. The summed E-state index contributed by atoms with van der Waals surface area (Å²) in [6.07, 6.45) is 17.0. The molecule has 0 radical (unpaired) electrons. The summed E-state index contributed by atoms with van der Waals surface area (Å²) in [4.78, 5) is 29.7. The highest BCUT2D eigenvalue weighted by molar-refractivity contribution is 6.05. The Morgan fingerprint density at radius 1 is 0.556 bits per heavy atom. The fraction of sp³-hybridized carbons (Fsp3) is 0.379. The second-order valence-corrected chi connectivity index (χ2v) is 19.4. The second kappa shape index (κ2) is 20.5. The molecule has 0 saturated carbocycles. The van der Waals surface area contributed by atoms with Crippen molar-refractivity contribution in [2.24, 2.45) is 0 Å². The standard InChI is InChI=1S/C58H60N6O8/c65-51(21-3-1-9-29-61-31-23-39-53-43(61)15-11-19-47(53)69-49-25-33-63-41-13-5-7-17-45(41)71-57(63)55(39)49)59-27-35-67-37-38-68-36-28-60-52(66)22-4-2-10-30-62-32-24-40-54-44(62)16-12-20-48(54)70-50-26-34-64-42-14-6-8-18-46(42)72-58(64)56(40)50/h5-8,11-20,23-24,31-32,49-50H,1-4,9-10,21-22,25-30,33-38H2/p+2. The Labute approximate surface area is 419 Å². The largest absolute Gasteiger partial charge is 0.484 e. The van der Waals surface area contributed by atoms with Crippen molar-refractivity contribution >= 4 is 67.7 Å². The Hall–Kier alpha value is -7.16. The van der Waals surface area contributed by atoms with E-state index in [1.54, 1.807) is 0 Å². The summed E-state index contributed by atoms with van der Waals surface area (Å²) in [5, 5.41) is 5.94. The van der Waals surface area contributed by atoms with Gasteiger partial charge >= 0.3 is 11.8 Å². The normalized spacial score (nSPS) is 17.7. The van der Waals surface area contributed by atoms with E-state index in [4.69, 9.17) is 27.8 Å². The van der Waals surface area contributed by atoms with Crippen molar-refractivity contribution in [3.05, 3.63) is 132 Å². The Morgan fingerprint density at radius 2 is 1.03 bits per heavy atom. The molecule has 6 aliphatic rings. The van der Waals surface area contributed by atoms with Gasteiger partial charge in [-0.3, -0.25) is 9.59 Å². The number of oxazole rings is 2. The molecule has 4 aromatic carbocycles. The number of carbonyl (C=O) groups excluding carboxylic acids is 2. The Balaban J connectivity index is 0.497. The third-order valence-corrected chi connectivity index (χ3v) is 14.8. The van der Waals surface area contributed by atoms with Gasteiger partial charge < -0.3 is 48.2 Å². The van der Waals surface area contributed by atoms with E-state index >= 15 is 0 Å². The minimum Gasteiger partial charge on any atom is -0.484 e. The van der Waals surface area contributed by atoms with Gasteiger partial charge in [0.25, 0.3) is 11.0 Å². The zero-order valence-electron chi connectivity index (χ0n) is 40.7. The third-order valence-electron chi connectivity index (χ3n) is 14.8. The third kappa shape index (κ3) is 8.95. The molecule has 14 nitrogen and oxygen atoms in total. The van der Waals surface area contributed by atoms with E-state index < -0.39 is 0 Å². The smallest absolute Gasteiger partial charge is 0.381 e. The molecule has 2 unspecified atom stereocenters. The van der Waals surface area contributed by atoms with Crippen LogP contribution in [0.4, 0.5) is 11.4 Å². The van der Waals surface area contributed by atoms with Gasteiger partial charge in [0.2, 0.25) is 23.0 Å². The van der Waals surface area contributed by atoms with Gasteiger partial charge in [-0.2, -0.15) is 9.13 Å². The number of ether oxygens (including phenoxy) is 4. The van der Waals surface area contributed by atoms with Crippen LogP contribution < -0.4 is 39.0 Å². The molecule has 0 bridgehead atoms. The van der Waals surface area contributed by atoms with Crippen LogP contribution in [0.3, 0.4) is 0 Å². The van der Waals surface area contributed by atoms with Crippen LogP contribution in [0.5, 0.6) is 11.5 Å². The molecule has 2 aromatic heterocycles. The molecule has 2 atom stereocenters. The van der Waals surface area contributed by atoms with E-state index in [0.717, 1.165) is 157 Å². The first-order valence-corrected chi connectivity index (χ1v) is 26.1. The number of nitrogens with one attached hydrogen (secondary N) is 2. The van der Waals surface area contributed by atoms with Crippen molar-refractivity contribution in [3.63, 3.8) is 0 Å². The maximum atomic E-state index is 12.5. The first kappa shape index (κ1) is 45.9. The van der Waals surface area contributed by atoms with Crippen LogP contribution in [0.25, 0.3) is 44.5 Å². The number of allylic oxidation sites excluding steroid dienone is 4. The number of aryl methyl sites for hydroxylation is 2. The van der Waals surface area contributed by atoms with Crippen LogP contribution >= 0.6 is 0 Å². The van der Waals surface area contributed by atoms with Gasteiger partial charge in [-0.05, 0) is 74.2 Å². The molecule has 2 N–H and O–H groups in total. The zero-order valence-corrected chi connectivity index (χ0v) is 40.7. The molecule has 12 rings (SSSR count). The lowest BCUT2D eigenvalue weighted by Crippen LogP contribution is -2.46. The van der Waals surface area contributed by atoms with E-state index in [-0.39, 0.29) is 24.0 Å². The Bertz CT molecular complexity index is 2950. The average molecular weight is 971 g/mol. The molecule has 2 amide bonds. The summed E-state index contributed by atoms with van der Waals surface area (Å²) in [5.41, 5.74) is 13.2. The van der Waals surface area contributed by atoms with Crippen molar-refractivity contribution in [2.75, 3.05) is 62.4 Å². The molecule has 0 spiro atoms. The number of nitrogens with zero attached hydrogens (tertiary/aromatic N) is 4. The number of anilines is 2. The van der Waals surface area contributed by atoms with Gasteiger partial charge in [-0.1, -0.05) is 49.2 Å². The predicted octanol–water partition coefficient (Wildman–Crippen LogP) is 8.66. The Morgan fingerprint density at radius 3 is 1.51 bits per heavy atom. The van der Waals surface area contributed by atoms with Crippen molar-refractivity contribution in [1.29, 1.82) is 0 Å². The maximum Gasteiger partial charge on any atom is 0.381 e. The van der Waals surface area contributed by atoms with E-state index in [9.17, 15) is 9.59 Å². The monoisotopic (exact) mass is 970 g/mol. The van der Waals surface area contributed by atoms with Crippen LogP contribution in [0.1, 0.15) is 87.1 Å². The summed E-state index contributed by atoms with van der Waals surface area (Å²) in [6.45, 7) is 6.04. The molecule has 6 aromatic rings. The molecule has 72 heavy (non-hydrogen) atoms. The molecule has 0 aliphatic carbocycles. The summed E-state index contributed by atoms with van der Waals surface area (Å²) < 4.78 is 42.0. The van der Waals surface area contributed by atoms with Gasteiger partial charge in [0.1, 0.15) is 34.9 Å². The summed E-state index contributed by atoms with van der Waals surface area (Å²) in [6, 6.07) is 29.1. The quantitative estimate of drug-likeness (QED) is 0.0533. The zero-order chi connectivity index (χ0) is 48.4. The molecule has 0 fully saturated rings. The number of para-hydroxylation sites is 4. The van der Waals surface area contributed by atoms with Crippen LogP contribution in [-0.4, -0.2) is 76.6 Å². The second-order valence-electron chi connectivity index (χ2n) is 19.4. The minimum absolute atomic E-state index is 0.0379. The topological polar surface area (TPSA) is 136 Å². The van der Waals surface area contributed by atoms with Crippen molar-refractivity contribution in [2.45, 2.75) is 89.5 Å². The van der Waals surface area contributed by atoms with Gasteiger partial charge in [-0.25, -0.2) is 0 Å². The Kier molecular flexibility index (Phi) is 13.1. The first-order valence-electron chi connectivity index (χ1n) is 26.1. The molecule has 8 heterocycles. The maximum absolute atomic E-state index is 12.5. The SMILES string of the molecule is O=C(CCCCCN1C=CC2=C3c4oc5ccccc5[n+]4CCC3Oc3cccc1c32)NCCOCCOCCNC(=O)CCCCCN1C=CC2=C3c4oc5ccccc5[n+]4CCC3Oc3cccc1c32. The van der Waals surface area contributed by atoms with Crippen molar-refractivity contribution in [3.8, 4) is 11.5 Å². The lowest BCUT2D eigenvalue weighted by atomic mass is 9.87. The number of hydrogen-bond acceptors (Lipinski definition) is 10. The van der Waals surface area contributed by atoms with Gasteiger partial charge in [0.15, 0.2) is 13.1 Å². The fourth-order valence-corrected chi connectivity index (χ4v) is 11.4. The van der Waals surface area contributed by atoms with Crippen LogP contribution in [0.2, 0.25) is 0 Å². The van der Waals surface area contributed by atoms with E-state index in [0.29, 0.717) is 52.4 Å². The number of hydrogen-bond donors (Lipinski definition) is 2. The highest BCUT2D eigenvalue weighted by Crippen LogP contribution is 2.51. The molecule has 6 aliphatic heterocycles. The van der Waals surface area contributed by atoms with E-state index in [2.05, 4.69) is 115 Å². The summed E-state index contributed by atoms with van der Waals surface area (Å²) in [7, 11) is 0. The molecular formula is C58H62N6O8+2. The van der Waals surface area contributed by atoms with Crippen LogP contribution in [-0.2, 0) is 32.2 Å². The summed E-state index contributed by atoms with van der Waals surface area (Å²) >= 11 is 0. The molecular weight excluding hydrogens is 909 g/mol. The van der Waals surface area contributed by atoms with E-state index in [1.165, 1.54) is 11.1 Å². The fourth-order valence-electron chi connectivity index (χ4n) is 11.4. The van der Waals surface area contributed by atoms with Crippen LogP contribution in [0.15, 0.2) is 118 Å². The number of amides is 2. The molecule has 14 heteroatoms. The predicted molar refractivity (Wildman–Crippen MR) is 275 cm³/mol. The van der Waals surface area contributed by atoms with Gasteiger partial charge in [0, 0.05) is 98.7 Å². The molecule has 370 valence electrons. The highest BCUT2D eigenvalue weighted by Gasteiger charge is 2.45. The van der Waals surface area contributed by atoms with Crippen molar-refractivity contribution < 1.29 is 46.5 Å². The van der Waals surface area contributed by atoms with Gasteiger partial charge in [-0.15, -0.1) is 0 Å². The lowest BCUT2D eigenvalue weighted by Gasteiger charge is -2.35. The average Bonchev–Trinajstić information content (AvgIpc) is 3.98. The minimum atomic E-state index is -0.0379. The van der Waals surface area contributed by atoms with Crippen LogP contribution in [0, 0.1) is 0 Å². The number of aromatic nitrogens is 2. The van der Waals surface area contributed by atoms with Crippen molar-refractivity contribution in [1.82, 2.24) is 10.6 Å². The number of fused-ring (bicyclic) bond motifs is 10.